The van der Waals surface area contributed by atoms with Gasteiger partial charge in [-0.15, -0.1) is 0 Å². The monoisotopic (exact) mass is 218 g/mol. The average molecular weight is 218 g/mol. The third-order valence-electron chi connectivity index (χ3n) is 3.78. The zero-order valence-electron chi connectivity index (χ0n) is 9.43. The first-order chi connectivity index (χ1) is 7.93. The van der Waals surface area contributed by atoms with E-state index in [-0.39, 0.29) is 0 Å². The molecule has 1 aromatic heterocycles. The topological polar surface area (TPSA) is 34.1 Å². The molecule has 1 aromatic rings. The molecule has 1 aliphatic carbocycles. The Hall–Kier alpha value is -1.09. The Labute approximate surface area is 96.2 Å². The third kappa shape index (κ3) is 1.92. The molecule has 0 radical (unpaired) electrons. The Kier molecular flexibility index (Phi) is 2.79. The van der Waals surface area contributed by atoms with E-state index in [0.29, 0.717) is 18.1 Å². The largest absolute Gasteiger partial charge is 0.378 e. The summed E-state index contributed by atoms with van der Waals surface area (Å²) < 4.78 is 5.76. The average Bonchev–Trinajstić information content (AvgIpc) is 2.80. The first-order valence-electron chi connectivity index (χ1n) is 6.22. The van der Waals surface area contributed by atoms with Crippen molar-refractivity contribution in [2.45, 2.75) is 37.8 Å². The van der Waals surface area contributed by atoms with Crippen LogP contribution in [0.2, 0.25) is 0 Å². The summed E-state index contributed by atoms with van der Waals surface area (Å²) in [6.07, 6.45) is 7.30. The molecule has 2 fully saturated rings. The molecule has 0 amide bonds. The van der Waals surface area contributed by atoms with Gasteiger partial charge < -0.3 is 10.1 Å². The van der Waals surface area contributed by atoms with Gasteiger partial charge in [-0.3, -0.25) is 0 Å². The summed E-state index contributed by atoms with van der Waals surface area (Å²) >= 11 is 0. The molecule has 2 heterocycles. The van der Waals surface area contributed by atoms with E-state index < -0.39 is 0 Å². The number of nitrogens with one attached hydrogen (secondary N) is 1. The highest BCUT2D eigenvalue weighted by Gasteiger charge is 2.37. The summed E-state index contributed by atoms with van der Waals surface area (Å²) in [5.41, 5.74) is 0. The van der Waals surface area contributed by atoms with Gasteiger partial charge in [0.1, 0.15) is 5.82 Å². The Morgan fingerprint density at radius 3 is 3.12 bits per heavy atom. The van der Waals surface area contributed by atoms with Gasteiger partial charge >= 0.3 is 0 Å². The molecule has 16 heavy (non-hydrogen) atoms. The van der Waals surface area contributed by atoms with Gasteiger partial charge in [0, 0.05) is 24.8 Å². The molecule has 1 saturated heterocycles. The van der Waals surface area contributed by atoms with Crippen molar-refractivity contribution < 1.29 is 4.74 Å². The van der Waals surface area contributed by atoms with Crippen LogP contribution < -0.4 is 5.32 Å². The molecule has 1 saturated carbocycles. The minimum atomic E-state index is 0.495. The van der Waals surface area contributed by atoms with E-state index in [1.54, 1.807) is 0 Å². The Balaban J connectivity index is 1.70. The highest BCUT2D eigenvalue weighted by atomic mass is 16.5. The third-order valence-corrected chi connectivity index (χ3v) is 3.78. The molecule has 3 rings (SSSR count). The molecule has 0 spiro atoms. The van der Waals surface area contributed by atoms with Gasteiger partial charge in [0.2, 0.25) is 0 Å². The highest BCUT2D eigenvalue weighted by molar-refractivity contribution is 5.35. The van der Waals surface area contributed by atoms with Gasteiger partial charge in [0.15, 0.2) is 0 Å². The van der Waals surface area contributed by atoms with Crippen molar-refractivity contribution in [1.29, 1.82) is 0 Å². The molecule has 86 valence electrons. The predicted octanol–water partition coefficient (Wildman–Crippen LogP) is 2.45. The number of nitrogens with zero attached hydrogens (tertiary/aromatic N) is 1. The second kappa shape index (κ2) is 4.42. The number of hydrogen-bond donors (Lipinski definition) is 1. The van der Waals surface area contributed by atoms with Gasteiger partial charge in [-0.1, -0.05) is 6.07 Å². The van der Waals surface area contributed by atoms with Crippen LogP contribution in [0, 0.1) is 5.92 Å². The Bertz CT molecular complexity index is 341. The Morgan fingerprint density at radius 1 is 1.25 bits per heavy atom. The van der Waals surface area contributed by atoms with Gasteiger partial charge in [0.05, 0.1) is 6.10 Å². The summed E-state index contributed by atoms with van der Waals surface area (Å²) in [5.74, 6) is 1.69. The molecule has 3 heteroatoms. The molecule has 3 atom stereocenters. The number of ether oxygens (including phenoxy) is 1. The zero-order chi connectivity index (χ0) is 10.8. The van der Waals surface area contributed by atoms with Gasteiger partial charge in [-0.2, -0.15) is 0 Å². The number of aromatic nitrogens is 1. The van der Waals surface area contributed by atoms with E-state index in [1.165, 1.54) is 25.7 Å². The normalized spacial score (nSPS) is 33.4. The summed E-state index contributed by atoms with van der Waals surface area (Å²) in [4.78, 5) is 4.34. The first-order valence-corrected chi connectivity index (χ1v) is 6.22. The second-order valence-electron chi connectivity index (χ2n) is 4.76. The van der Waals surface area contributed by atoms with Crippen LogP contribution in [-0.2, 0) is 4.74 Å². The maximum atomic E-state index is 5.76. The van der Waals surface area contributed by atoms with E-state index in [0.717, 1.165) is 12.4 Å². The van der Waals surface area contributed by atoms with Crippen LogP contribution in [0.15, 0.2) is 24.4 Å². The summed E-state index contributed by atoms with van der Waals surface area (Å²) in [6.45, 7) is 0.940. The van der Waals surface area contributed by atoms with Crippen molar-refractivity contribution in [3.63, 3.8) is 0 Å². The van der Waals surface area contributed by atoms with Gasteiger partial charge in [0.25, 0.3) is 0 Å². The lowest BCUT2D eigenvalue weighted by Gasteiger charge is -2.33. The minimum Gasteiger partial charge on any atom is -0.378 e. The van der Waals surface area contributed by atoms with E-state index in [4.69, 9.17) is 4.74 Å². The molecule has 1 N–H and O–H groups in total. The van der Waals surface area contributed by atoms with Crippen LogP contribution in [0.1, 0.15) is 25.7 Å². The van der Waals surface area contributed by atoms with Crippen LogP contribution in [0.4, 0.5) is 5.82 Å². The number of anilines is 1. The van der Waals surface area contributed by atoms with Crippen molar-refractivity contribution in [3.8, 4) is 0 Å². The Morgan fingerprint density at radius 2 is 2.25 bits per heavy atom. The van der Waals surface area contributed by atoms with Crippen LogP contribution in [0.3, 0.4) is 0 Å². The minimum absolute atomic E-state index is 0.495. The zero-order valence-corrected chi connectivity index (χ0v) is 9.43. The molecule has 3 nitrogen and oxygen atoms in total. The first kappa shape index (κ1) is 10.1. The van der Waals surface area contributed by atoms with Crippen molar-refractivity contribution in [1.82, 2.24) is 4.98 Å². The van der Waals surface area contributed by atoms with Crippen LogP contribution >= 0.6 is 0 Å². The molecule has 0 unspecified atom stereocenters. The van der Waals surface area contributed by atoms with Gasteiger partial charge in [-0.25, -0.2) is 4.98 Å². The lowest BCUT2D eigenvalue weighted by atomic mass is 9.82. The van der Waals surface area contributed by atoms with Crippen molar-refractivity contribution in [2.75, 3.05) is 11.9 Å². The smallest absolute Gasteiger partial charge is 0.126 e. The number of hydrogen-bond acceptors (Lipinski definition) is 3. The maximum absolute atomic E-state index is 5.76. The van der Waals surface area contributed by atoms with Crippen LogP contribution in [0.5, 0.6) is 0 Å². The van der Waals surface area contributed by atoms with E-state index in [9.17, 15) is 0 Å². The fraction of sp³-hybridized carbons (Fsp3) is 0.615. The second-order valence-corrected chi connectivity index (χ2v) is 4.76. The quantitative estimate of drug-likeness (QED) is 0.828. The van der Waals surface area contributed by atoms with Crippen LogP contribution in [-0.4, -0.2) is 23.7 Å². The summed E-state index contributed by atoms with van der Waals surface area (Å²) in [5, 5.41) is 3.56. The van der Waals surface area contributed by atoms with E-state index in [2.05, 4.69) is 10.3 Å². The predicted molar refractivity (Wildman–Crippen MR) is 63.3 cm³/mol. The van der Waals surface area contributed by atoms with E-state index >= 15 is 0 Å². The molecular weight excluding hydrogens is 200 g/mol. The van der Waals surface area contributed by atoms with E-state index in [1.807, 2.05) is 24.4 Å². The molecular formula is C13H18N2O. The highest BCUT2D eigenvalue weighted by Crippen LogP contribution is 2.35. The van der Waals surface area contributed by atoms with Crippen molar-refractivity contribution in [3.05, 3.63) is 24.4 Å². The molecule has 1 aliphatic heterocycles. The summed E-state index contributed by atoms with van der Waals surface area (Å²) in [6, 6.07) is 6.57. The fourth-order valence-electron chi connectivity index (χ4n) is 2.99. The number of fused-ring (bicyclic) bond motifs is 1. The SMILES string of the molecule is c1ccc(N[C@@H]2CCC[C@H]3OCC[C@H]23)nc1. The van der Waals surface area contributed by atoms with Crippen molar-refractivity contribution >= 4 is 5.82 Å². The molecule has 0 bridgehead atoms. The molecule has 2 aliphatic rings. The standard InChI is InChI=1S/C13H18N2O/c1-2-8-14-13(6-1)15-11-4-3-5-12-10(11)7-9-16-12/h1-2,6,8,10-12H,3-5,7,9H2,(H,14,15)/t10-,11-,12-/m1/s1. The van der Waals surface area contributed by atoms with Crippen molar-refractivity contribution in [2.24, 2.45) is 5.92 Å². The lowest BCUT2D eigenvalue weighted by Crippen LogP contribution is -2.38. The molecule has 0 aromatic carbocycles. The fourth-order valence-corrected chi connectivity index (χ4v) is 2.99. The maximum Gasteiger partial charge on any atom is 0.126 e. The van der Waals surface area contributed by atoms with Crippen LogP contribution in [0.25, 0.3) is 0 Å². The lowest BCUT2D eigenvalue weighted by molar-refractivity contribution is 0.0619. The number of pyridine rings is 1. The summed E-state index contributed by atoms with van der Waals surface area (Å²) in [7, 11) is 0. The van der Waals surface area contributed by atoms with Gasteiger partial charge in [-0.05, 0) is 37.8 Å². The number of rotatable bonds is 2.